The molecule has 0 N–H and O–H groups in total. The predicted octanol–water partition coefficient (Wildman–Crippen LogP) is 3.43. The van der Waals surface area contributed by atoms with Gasteiger partial charge in [0.2, 0.25) is 0 Å². The van der Waals surface area contributed by atoms with Crippen molar-refractivity contribution in [2.45, 2.75) is 6.42 Å². The van der Waals surface area contributed by atoms with Gasteiger partial charge >= 0.3 is 6.08 Å². The largest absolute Gasteiger partial charge is 0.301 e. The van der Waals surface area contributed by atoms with Gasteiger partial charge in [-0.3, -0.25) is 0 Å². The van der Waals surface area contributed by atoms with Crippen molar-refractivity contribution >= 4 is 32.9 Å². The molecule has 0 aromatic heterocycles. The highest BCUT2D eigenvalue weighted by molar-refractivity contribution is 9.09. The molecule has 0 bridgehead atoms. The molecule has 0 heterocycles. The third-order valence-electron chi connectivity index (χ3n) is 0.519. The van der Waals surface area contributed by atoms with Gasteiger partial charge in [-0.1, -0.05) is 15.9 Å². The summed E-state index contributed by atoms with van der Waals surface area (Å²) in [5.74, 6) is -1.33. The summed E-state index contributed by atoms with van der Waals surface area (Å²) >= 11 is 2.81. The lowest BCUT2D eigenvalue weighted by molar-refractivity contribution is 0.373. The molecule has 0 aliphatic carbocycles. The van der Waals surface area contributed by atoms with Gasteiger partial charge in [0, 0.05) is 11.8 Å². The van der Waals surface area contributed by atoms with Gasteiger partial charge < -0.3 is 0 Å². The molecule has 0 atom stereocenters. The Balaban J connectivity index is 0. The van der Waals surface area contributed by atoms with Crippen LogP contribution in [-0.2, 0) is 0 Å². The van der Waals surface area contributed by atoms with Crippen molar-refractivity contribution in [3.8, 4) is 0 Å². The zero-order valence-electron chi connectivity index (χ0n) is 4.33. The van der Waals surface area contributed by atoms with Gasteiger partial charge in [0.25, 0.3) is 0 Å². The minimum absolute atomic E-state index is 0. The van der Waals surface area contributed by atoms with Gasteiger partial charge in [-0.05, 0) is 0 Å². The van der Waals surface area contributed by atoms with E-state index >= 15 is 0 Å². The second kappa shape index (κ2) is 6.61. The van der Waals surface area contributed by atoms with Gasteiger partial charge in [0.1, 0.15) is 0 Å². The topological polar surface area (TPSA) is 0 Å². The van der Waals surface area contributed by atoms with Crippen molar-refractivity contribution in [2.24, 2.45) is 0 Å². The van der Waals surface area contributed by atoms with Crippen molar-refractivity contribution in [2.75, 3.05) is 5.33 Å². The van der Waals surface area contributed by atoms with Crippen molar-refractivity contribution in [3.63, 3.8) is 0 Å². The third-order valence-corrected chi connectivity index (χ3v) is 0.916. The van der Waals surface area contributed by atoms with Crippen LogP contribution in [0.5, 0.6) is 0 Å². The Morgan fingerprint density at radius 2 is 1.67 bits per heavy atom. The fourth-order valence-corrected chi connectivity index (χ4v) is 0.526. The summed E-state index contributed by atoms with van der Waals surface area (Å²) in [4.78, 5) is 0. The highest BCUT2D eigenvalue weighted by atomic mass is 79.9. The van der Waals surface area contributed by atoms with E-state index in [1.165, 1.54) is 0 Å². The first kappa shape index (κ1) is 12.2. The molecule has 0 amide bonds. The first-order valence-corrected chi connectivity index (χ1v) is 3.06. The molecule has 0 aliphatic rings. The zero-order chi connectivity index (χ0) is 6.57. The first-order chi connectivity index (χ1) is 3.68. The summed E-state index contributed by atoms with van der Waals surface area (Å²) < 4.78 is 33.8. The van der Waals surface area contributed by atoms with E-state index in [9.17, 15) is 13.2 Å². The van der Waals surface area contributed by atoms with Crippen LogP contribution in [-0.4, -0.2) is 5.33 Å². The minimum Gasteiger partial charge on any atom is -0.206 e. The quantitative estimate of drug-likeness (QED) is 0.674. The summed E-state index contributed by atoms with van der Waals surface area (Å²) in [6.07, 6.45) is -2.45. The Bertz CT molecular complexity index is 98.0. The average Bonchev–Trinajstić information content (AvgIpc) is 1.67. The molecule has 0 saturated carbocycles. The van der Waals surface area contributed by atoms with Crippen LogP contribution in [0.2, 0.25) is 0 Å². The highest BCUT2D eigenvalue weighted by Crippen LogP contribution is 2.13. The van der Waals surface area contributed by atoms with Crippen LogP contribution in [0, 0.1) is 0 Å². The fraction of sp³-hybridized carbons (Fsp3) is 0.500. The van der Waals surface area contributed by atoms with Crippen molar-refractivity contribution < 1.29 is 13.2 Å². The maximum absolute atomic E-state index is 11.6. The summed E-state index contributed by atoms with van der Waals surface area (Å²) in [7, 11) is 0. The van der Waals surface area contributed by atoms with E-state index in [4.69, 9.17) is 0 Å². The normalized spacial score (nSPS) is 8.00. The second-order valence-electron chi connectivity index (χ2n) is 1.10. The third kappa shape index (κ3) is 6.37. The summed E-state index contributed by atoms with van der Waals surface area (Å²) in [5, 5.41) is 0.232. The molecule has 0 saturated heterocycles. The molecule has 0 fully saturated rings. The molecule has 9 heavy (non-hydrogen) atoms. The lowest BCUT2D eigenvalue weighted by Gasteiger charge is -1.86. The van der Waals surface area contributed by atoms with Crippen molar-refractivity contribution in [1.82, 2.24) is 0 Å². The summed E-state index contributed by atoms with van der Waals surface area (Å²) in [5.41, 5.74) is 0. The maximum Gasteiger partial charge on any atom is 0.301 e. The molecule has 0 aromatic rings. The standard InChI is InChI=1S/C4H4BrF3.BrH/c5-2-1-3(6)4(7)8;/h1-2H2;1H. The lowest BCUT2D eigenvalue weighted by Crippen LogP contribution is -1.76. The van der Waals surface area contributed by atoms with E-state index in [-0.39, 0.29) is 28.7 Å². The van der Waals surface area contributed by atoms with Crippen molar-refractivity contribution in [3.05, 3.63) is 11.9 Å². The van der Waals surface area contributed by atoms with Gasteiger partial charge in [-0.25, -0.2) is 4.39 Å². The first-order valence-electron chi connectivity index (χ1n) is 1.94. The summed E-state index contributed by atoms with van der Waals surface area (Å²) in [6, 6.07) is 0. The molecule has 0 spiro atoms. The Morgan fingerprint density at radius 1 is 1.22 bits per heavy atom. The second-order valence-corrected chi connectivity index (χ2v) is 1.90. The van der Waals surface area contributed by atoms with E-state index in [0.29, 0.717) is 0 Å². The van der Waals surface area contributed by atoms with E-state index in [1.54, 1.807) is 0 Å². The molecular weight excluding hydrogens is 265 g/mol. The van der Waals surface area contributed by atoms with E-state index in [1.807, 2.05) is 0 Å². The molecule has 0 rings (SSSR count). The number of rotatable bonds is 2. The number of alkyl halides is 1. The molecule has 0 nitrogen and oxygen atoms in total. The molecule has 0 unspecified atom stereocenters. The van der Waals surface area contributed by atoms with Crippen LogP contribution in [0.1, 0.15) is 6.42 Å². The Kier molecular flexibility index (Phi) is 8.95. The van der Waals surface area contributed by atoms with Crippen LogP contribution in [0.4, 0.5) is 13.2 Å². The van der Waals surface area contributed by atoms with E-state index < -0.39 is 11.9 Å². The number of allylic oxidation sites excluding steroid dienone is 1. The maximum atomic E-state index is 11.6. The molecular formula is C4H5Br2F3. The van der Waals surface area contributed by atoms with Crippen LogP contribution < -0.4 is 0 Å². The SMILES string of the molecule is Br.FC(F)=C(F)CCBr. The molecule has 0 aliphatic heterocycles. The predicted molar refractivity (Wildman–Crippen MR) is 39.1 cm³/mol. The van der Waals surface area contributed by atoms with Gasteiger partial charge in [-0.2, -0.15) is 8.78 Å². The van der Waals surface area contributed by atoms with E-state index in [2.05, 4.69) is 15.9 Å². The van der Waals surface area contributed by atoms with Gasteiger partial charge in [0.15, 0.2) is 5.83 Å². The highest BCUT2D eigenvalue weighted by Gasteiger charge is 2.01. The van der Waals surface area contributed by atoms with Crippen LogP contribution in [0.25, 0.3) is 0 Å². The molecule has 0 radical (unpaired) electrons. The number of halogens is 5. The Morgan fingerprint density at radius 3 is 1.78 bits per heavy atom. The van der Waals surface area contributed by atoms with Crippen molar-refractivity contribution in [1.29, 1.82) is 0 Å². The van der Waals surface area contributed by atoms with Gasteiger partial charge in [0.05, 0.1) is 0 Å². The van der Waals surface area contributed by atoms with E-state index in [0.717, 1.165) is 0 Å². The summed E-state index contributed by atoms with van der Waals surface area (Å²) in [6.45, 7) is 0. The van der Waals surface area contributed by atoms with Gasteiger partial charge in [-0.15, -0.1) is 17.0 Å². The molecule has 56 valence electrons. The van der Waals surface area contributed by atoms with Crippen LogP contribution in [0.15, 0.2) is 11.9 Å². The lowest BCUT2D eigenvalue weighted by atomic mass is 10.4. The zero-order valence-corrected chi connectivity index (χ0v) is 7.63. The smallest absolute Gasteiger partial charge is 0.206 e. The minimum atomic E-state index is -2.22. The monoisotopic (exact) mass is 268 g/mol. The molecule has 5 heteroatoms. The molecule has 0 aromatic carbocycles. The van der Waals surface area contributed by atoms with Crippen LogP contribution in [0.3, 0.4) is 0 Å². The fourth-order valence-electron chi connectivity index (χ4n) is 0.177. The van der Waals surface area contributed by atoms with Crippen LogP contribution >= 0.6 is 32.9 Å². The number of hydrogen-bond donors (Lipinski definition) is 0. The Hall–Kier alpha value is 0.490. The Labute approximate surface area is 70.0 Å². The average molecular weight is 270 g/mol. The number of hydrogen-bond acceptors (Lipinski definition) is 0.